The number of benzene rings is 2. The third-order valence-corrected chi connectivity index (χ3v) is 4.74. The number of rotatable bonds is 9. The maximum Gasteiger partial charge on any atom is 0.243 e. The molecule has 0 radical (unpaired) electrons. The highest BCUT2D eigenvalue weighted by Crippen LogP contribution is 2.18. The molecule has 0 spiro atoms. The third-order valence-electron chi connectivity index (χ3n) is 4.74. The Labute approximate surface area is 171 Å². The summed E-state index contributed by atoms with van der Waals surface area (Å²) >= 11 is 0. The molecule has 0 aliphatic heterocycles. The number of carbonyl (C=O) groups is 3. The van der Waals surface area contributed by atoms with Crippen LogP contribution in [0.5, 0.6) is 5.75 Å². The monoisotopic (exact) mass is 396 g/mol. The summed E-state index contributed by atoms with van der Waals surface area (Å²) in [5.74, 6) is 0.0668. The minimum absolute atomic E-state index is 0.0549. The lowest BCUT2D eigenvalue weighted by Gasteiger charge is -2.17. The molecule has 0 aromatic heterocycles. The number of amides is 2. The summed E-state index contributed by atoms with van der Waals surface area (Å²) in [7, 11) is 1.56. The van der Waals surface area contributed by atoms with Crippen LogP contribution in [0.2, 0.25) is 0 Å². The number of anilines is 1. The average Bonchev–Trinajstić information content (AvgIpc) is 2.70. The van der Waals surface area contributed by atoms with Crippen molar-refractivity contribution in [2.24, 2.45) is 0 Å². The molecule has 29 heavy (non-hydrogen) atoms. The minimum atomic E-state index is -0.271. The van der Waals surface area contributed by atoms with E-state index in [0.29, 0.717) is 17.9 Å². The Morgan fingerprint density at radius 1 is 1.00 bits per heavy atom. The summed E-state index contributed by atoms with van der Waals surface area (Å²) in [6, 6.07) is 12.5. The maximum atomic E-state index is 12.3. The molecule has 2 amide bonds. The smallest absolute Gasteiger partial charge is 0.243 e. The second-order valence-corrected chi connectivity index (χ2v) is 6.93. The molecule has 6 nitrogen and oxygen atoms in total. The summed E-state index contributed by atoms with van der Waals surface area (Å²) in [4.78, 5) is 38.2. The number of ketones is 1. The minimum Gasteiger partial charge on any atom is -0.494 e. The van der Waals surface area contributed by atoms with Gasteiger partial charge in [0.15, 0.2) is 5.78 Å². The molecular formula is C23H28N2O4. The summed E-state index contributed by atoms with van der Waals surface area (Å²) in [5, 5.41) is 2.83. The highest BCUT2D eigenvalue weighted by Gasteiger charge is 2.16. The lowest BCUT2D eigenvalue weighted by Crippen LogP contribution is -2.35. The molecule has 0 heterocycles. The topological polar surface area (TPSA) is 75.7 Å². The van der Waals surface area contributed by atoms with Gasteiger partial charge in [-0.1, -0.05) is 12.1 Å². The number of aryl methyl sites for hydroxylation is 1. The maximum absolute atomic E-state index is 12.3. The highest BCUT2D eigenvalue weighted by molar-refractivity contribution is 5.99. The molecule has 0 atom stereocenters. The van der Waals surface area contributed by atoms with E-state index in [4.69, 9.17) is 4.74 Å². The predicted octanol–water partition coefficient (Wildman–Crippen LogP) is 3.76. The van der Waals surface area contributed by atoms with Gasteiger partial charge in [0.1, 0.15) is 5.75 Å². The zero-order valence-electron chi connectivity index (χ0n) is 17.5. The van der Waals surface area contributed by atoms with Crippen molar-refractivity contribution in [1.29, 1.82) is 0 Å². The van der Waals surface area contributed by atoms with E-state index in [1.54, 1.807) is 31.3 Å². The molecule has 1 N–H and O–H groups in total. The molecule has 0 saturated carbocycles. The van der Waals surface area contributed by atoms with Gasteiger partial charge in [-0.2, -0.15) is 0 Å². The van der Waals surface area contributed by atoms with Gasteiger partial charge in [-0.05, 0) is 62.2 Å². The molecule has 2 rings (SSSR count). The van der Waals surface area contributed by atoms with Crippen LogP contribution in [0.15, 0.2) is 42.5 Å². The normalized spacial score (nSPS) is 10.3. The molecule has 154 valence electrons. The zero-order valence-corrected chi connectivity index (χ0v) is 17.5. The average molecular weight is 396 g/mol. The zero-order chi connectivity index (χ0) is 21.4. The number of likely N-dealkylation sites (N-methyl/N-ethyl adjacent to an activating group) is 1. The molecule has 0 aliphatic rings. The van der Waals surface area contributed by atoms with E-state index in [2.05, 4.69) is 5.32 Å². The summed E-state index contributed by atoms with van der Waals surface area (Å²) in [5.41, 5.74) is 3.36. The molecule has 2 aromatic rings. The van der Waals surface area contributed by atoms with Crippen LogP contribution in [-0.2, 0) is 9.59 Å². The van der Waals surface area contributed by atoms with E-state index >= 15 is 0 Å². The number of nitrogens with zero attached hydrogens (tertiary/aromatic N) is 1. The number of carbonyl (C=O) groups excluding carboxylic acids is 3. The van der Waals surface area contributed by atoms with Crippen molar-refractivity contribution < 1.29 is 19.1 Å². The molecule has 0 aliphatic carbocycles. The van der Waals surface area contributed by atoms with Gasteiger partial charge in [-0.15, -0.1) is 0 Å². The van der Waals surface area contributed by atoms with Crippen molar-refractivity contribution in [2.75, 3.05) is 25.5 Å². The Hall–Kier alpha value is -3.15. The fourth-order valence-corrected chi connectivity index (χ4v) is 2.84. The standard InChI is InChI=1S/C23H28N2O4/c1-5-29-19-11-9-18(10-12-19)21(26)13-14-23(28)25(4)15-22(27)24-20-8-6-7-16(2)17(20)3/h6-12H,5,13-15H2,1-4H3,(H,24,27). The Kier molecular flexibility index (Phi) is 7.95. The van der Waals surface area contributed by atoms with Crippen LogP contribution >= 0.6 is 0 Å². The first-order valence-electron chi connectivity index (χ1n) is 9.68. The van der Waals surface area contributed by atoms with Crippen molar-refractivity contribution in [3.05, 3.63) is 59.2 Å². The Morgan fingerprint density at radius 2 is 1.69 bits per heavy atom. The number of hydrogen-bond acceptors (Lipinski definition) is 4. The van der Waals surface area contributed by atoms with Gasteiger partial charge in [-0.3, -0.25) is 14.4 Å². The second kappa shape index (κ2) is 10.4. The van der Waals surface area contributed by atoms with Crippen molar-refractivity contribution in [1.82, 2.24) is 4.90 Å². The summed E-state index contributed by atoms with van der Waals surface area (Å²) < 4.78 is 5.35. The Morgan fingerprint density at radius 3 is 2.34 bits per heavy atom. The van der Waals surface area contributed by atoms with Crippen LogP contribution in [0, 0.1) is 13.8 Å². The molecule has 2 aromatic carbocycles. The third kappa shape index (κ3) is 6.45. The first-order chi connectivity index (χ1) is 13.8. The van der Waals surface area contributed by atoms with Crippen LogP contribution in [0.1, 0.15) is 41.3 Å². The van der Waals surface area contributed by atoms with E-state index in [9.17, 15) is 14.4 Å². The van der Waals surface area contributed by atoms with Crippen molar-refractivity contribution >= 4 is 23.3 Å². The molecule has 0 bridgehead atoms. The predicted molar refractivity (Wildman–Crippen MR) is 113 cm³/mol. The van der Waals surface area contributed by atoms with Gasteiger partial charge in [0, 0.05) is 31.1 Å². The largest absolute Gasteiger partial charge is 0.494 e. The number of hydrogen-bond donors (Lipinski definition) is 1. The molecular weight excluding hydrogens is 368 g/mol. The fraction of sp³-hybridized carbons (Fsp3) is 0.348. The van der Waals surface area contributed by atoms with Crippen LogP contribution in [0.3, 0.4) is 0 Å². The van der Waals surface area contributed by atoms with Gasteiger partial charge in [0.05, 0.1) is 13.2 Å². The van der Waals surface area contributed by atoms with Crippen molar-refractivity contribution in [3.63, 3.8) is 0 Å². The van der Waals surface area contributed by atoms with Crippen molar-refractivity contribution in [2.45, 2.75) is 33.6 Å². The van der Waals surface area contributed by atoms with Crippen LogP contribution in [0.4, 0.5) is 5.69 Å². The van der Waals surface area contributed by atoms with E-state index in [1.807, 2.05) is 39.0 Å². The quantitative estimate of drug-likeness (QED) is 0.655. The first kappa shape index (κ1) is 22.1. The SMILES string of the molecule is CCOc1ccc(C(=O)CCC(=O)N(C)CC(=O)Nc2cccc(C)c2C)cc1. The van der Waals surface area contributed by atoms with Gasteiger partial charge in [-0.25, -0.2) is 0 Å². The van der Waals surface area contributed by atoms with E-state index < -0.39 is 0 Å². The van der Waals surface area contributed by atoms with E-state index in [1.165, 1.54) is 4.90 Å². The van der Waals surface area contributed by atoms with Crippen molar-refractivity contribution in [3.8, 4) is 5.75 Å². The van der Waals surface area contributed by atoms with Crippen LogP contribution in [-0.4, -0.2) is 42.7 Å². The number of Topliss-reactive ketones (excluding diaryl/α,β-unsaturated/α-hetero) is 1. The molecule has 6 heteroatoms. The van der Waals surface area contributed by atoms with Gasteiger partial charge >= 0.3 is 0 Å². The molecule has 0 fully saturated rings. The number of ether oxygens (including phenoxy) is 1. The Balaban J connectivity index is 1.82. The highest BCUT2D eigenvalue weighted by atomic mass is 16.5. The van der Waals surface area contributed by atoms with E-state index in [-0.39, 0.29) is 37.0 Å². The summed E-state index contributed by atoms with van der Waals surface area (Å²) in [6.07, 6.45) is 0.148. The molecule has 0 unspecified atom stereocenters. The van der Waals surface area contributed by atoms with Crippen LogP contribution in [0.25, 0.3) is 0 Å². The van der Waals surface area contributed by atoms with Gasteiger partial charge in [0.25, 0.3) is 0 Å². The Bertz CT molecular complexity index is 875. The summed E-state index contributed by atoms with van der Waals surface area (Å²) in [6.45, 7) is 6.30. The number of nitrogens with one attached hydrogen (secondary N) is 1. The lowest BCUT2D eigenvalue weighted by molar-refractivity contribution is -0.133. The fourth-order valence-electron chi connectivity index (χ4n) is 2.84. The van der Waals surface area contributed by atoms with Gasteiger partial charge in [0.2, 0.25) is 11.8 Å². The first-order valence-corrected chi connectivity index (χ1v) is 9.68. The van der Waals surface area contributed by atoms with E-state index in [0.717, 1.165) is 16.8 Å². The second-order valence-electron chi connectivity index (χ2n) is 6.93. The van der Waals surface area contributed by atoms with Gasteiger partial charge < -0.3 is 15.0 Å². The molecule has 0 saturated heterocycles. The lowest BCUT2D eigenvalue weighted by atomic mass is 10.1. The van der Waals surface area contributed by atoms with Crippen LogP contribution < -0.4 is 10.1 Å².